The summed E-state index contributed by atoms with van der Waals surface area (Å²) in [7, 11) is 0. The topological polar surface area (TPSA) is 12.9 Å². The van der Waals surface area contributed by atoms with Gasteiger partial charge in [0.2, 0.25) is 0 Å². The number of thiazole rings is 1. The van der Waals surface area contributed by atoms with E-state index in [0.29, 0.717) is 0 Å². The van der Waals surface area contributed by atoms with Crippen LogP contribution in [-0.2, 0) is 6.42 Å². The van der Waals surface area contributed by atoms with E-state index in [-0.39, 0.29) is 0 Å². The molecule has 1 nitrogen and oxygen atoms in total. The zero-order valence-electron chi connectivity index (χ0n) is 5.22. The molecule has 0 spiro atoms. The Hall–Kier alpha value is -0.810. The number of rotatable bonds is 1. The zero-order valence-corrected chi connectivity index (χ0v) is 6.03. The van der Waals surface area contributed by atoms with E-state index in [1.54, 1.807) is 11.3 Å². The van der Waals surface area contributed by atoms with Crippen molar-refractivity contribution in [2.75, 3.05) is 0 Å². The monoisotopic (exact) mass is 137 g/mol. The van der Waals surface area contributed by atoms with E-state index in [4.69, 9.17) is 6.42 Å². The summed E-state index contributed by atoms with van der Waals surface area (Å²) in [6, 6.07) is 0. The Morgan fingerprint density at radius 1 is 1.89 bits per heavy atom. The third-order valence-corrected chi connectivity index (χ3v) is 2.10. The Morgan fingerprint density at radius 3 is 3.00 bits per heavy atom. The van der Waals surface area contributed by atoms with Gasteiger partial charge in [-0.05, 0) is 12.3 Å². The van der Waals surface area contributed by atoms with Crippen LogP contribution in [-0.4, -0.2) is 4.98 Å². The molecule has 0 atom stereocenters. The number of hydrogen-bond donors (Lipinski definition) is 0. The van der Waals surface area contributed by atoms with Crippen LogP contribution in [0.25, 0.3) is 0 Å². The average molecular weight is 137 g/mol. The van der Waals surface area contributed by atoms with Gasteiger partial charge in [0.1, 0.15) is 0 Å². The van der Waals surface area contributed by atoms with Crippen molar-refractivity contribution in [3.05, 3.63) is 16.1 Å². The summed E-state index contributed by atoms with van der Waals surface area (Å²) >= 11 is 1.59. The van der Waals surface area contributed by atoms with Crippen LogP contribution >= 0.6 is 11.3 Å². The first-order chi connectivity index (χ1) is 4.36. The Morgan fingerprint density at radius 2 is 2.67 bits per heavy atom. The molecule has 0 saturated heterocycles. The van der Waals surface area contributed by atoms with Gasteiger partial charge in [-0.15, -0.1) is 17.8 Å². The number of aryl methyl sites for hydroxylation is 1. The molecule has 0 aliphatic rings. The number of terminal acetylenes is 1. The summed E-state index contributed by atoms with van der Waals surface area (Å²) in [5.74, 6) is 2.49. The fraction of sp³-hybridized carbons (Fsp3) is 0.286. The van der Waals surface area contributed by atoms with Gasteiger partial charge in [-0.3, -0.25) is 0 Å². The van der Waals surface area contributed by atoms with Crippen molar-refractivity contribution >= 4 is 11.3 Å². The Labute approximate surface area is 58.8 Å². The molecule has 0 saturated carbocycles. The van der Waals surface area contributed by atoms with Crippen molar-refractivity contribution < 1.29 is 0 Å². The lowest BCUT2D eigenvalue weighted by Crippen LogP contribution is -1.64. The minimum Gasteiger partial charge on any atom is -0.236 e. The van der Waals surface area contributed by atoms with Gasteiger partial charge in [0, 0.05) is 11.1 Å². The lowest BCUT2D eigenvalue weighted by atomic mass is 10.4. The average Bonchev–Trinajstić information content (AvgIpc) is 2.34. The van der Waals surface area contributed by atoms with Crippen LogP contribution in [0.1, 0.15) is 16.8 Å². The lowest BCUT2D eigenvalue weighted by Gasteiger charge is -1.77. The summed E-state index contributed by atoms with van der Waals surface area (Å²) < 4.78 is 0. The number of nitrogens with zero attached hydrogens (tertiary/aromatic N) is 1. The third-order valence-electron chi connectivity index (χ3n) is 1.03. The molecule has 1 aromatic rings. The van der Waals surface area contributed by atoms with Crippen molar-refractivity contribution in [1.82, 2.24) is 4.98 Å². The maximum absolute atomic E-state index is 5.12. The molecule has 1 heterocycles. The molecular formula is C7H7NS. The van der Waals surface area contributed by atoms with Gasteiger partial charge in [0.05, 0.1) is 0 Å². The second kappa shape index (κ2) is 2.65. The van der Waals surface area contributed by atoms with E-state index in [2.05, 4.69) is 17.8 Å². The molecule has 0 amide bonds. The van der Waals surface area contributed by atoms with E-state index in [0.717, 1.165) is 11.4 Å². The van der Waals surface area contributed by atoms with E-state index < -0.39 is 0 Å². The molecule has 0 unspecified atom stereocenters. The van der Waals surface area contributed by atoms with Crippen LogP contribution in [0.3, 0.4) is 0 Å². The molecule has 46 valence electrons. The number of hydrogen-bond acceptors (Lipinski definition) is 2. The van der Waals surface area contributed by atoms with Gasteiger partial charge in [0.25, 0.3) is 0 Å². The van der Waals surface area contributed by atoms with Crippen molar-refractivity contribution in [2.24, 2.45) is 0 Å². The fourth-order valence-electron chi connectivity index (χ4n) is 0.538. The molecule has 2 heteroatoms. The van der Waals surface area contributed by atoms with E-state index >= 15 is 0 Å². The molecule has 0 aliphatic carbocycles. The van der Waals surface area contributed by atoms with Crippen LogP contribution in [0, 0.1) is 12.3 Å². The minimum atomic E-state index is 0.784. The maximum Gasteiger partial charge on any atom is 0.166 e. The van der Waals surface area contributed by atoms with Gasteiger partial charge in [-0.2, -0.15) is 0 Å². The first kappa shape index (κ1) is 6.31. The molecule has 1 rings (SSSR count). The van der Waals surface area contributed by atoms with Crippen molar-refractivity contribution in [1.29, 1.82) is 0 Å². The van der Waals surface area contributed by atoms with E-state index in [1.807, 2.05) is 6.20 Å². The van der Waals surface area contributed by atoms with Crippen LogP contribution in [0.2, 0.25) is 0 Å². The first-order valence-corrected chi connectivity index (χ1v) is 3.59. The fourth-order valence-corrected chi connectivity index (χ4v) is 1.20. The zero-order chi connectivity index (χ0) is 6.69. The summed E-state index contributed by atoms with van der Waals surface area (Å²) in [6.07, 6.45) is 7.98. The third kappa shape index (κ3) is 1.30. The molecule has 0 aliphatic heterocycles. The molecule has 9 heavy (non-hydrogen) atoms. The highest BCUT2D eigenvalue weighted by molar-refractivity contribution is 7.12. The molecule has 0 N–H and O–H groups in total. The quantitative estimate of drug-likeness (QED) is 0.537. The van der Waals surface area contributed by atoms with Gasteiger partial charge in [-0.25, -0.2) is 4.98 Å². The highest BCUT2D eigenvalue weighted by atomic mass is 32.1. The van der Waals surface area contributed by atoms with Crippen LogP contribution in [0.5, 0.6) is 0 Å². The molecule has 0 radical (unpaired) electrons. The lowest BCUT2D eigenvalue weighted by molar-refractivity contribution is 1.17. The van der Waals surface area contributed by atoms with Gasteiger partial charge < -0.3 is 0 Å². The SMILES string of the molecule is C#Cc1ncc(CC)s1. The van der Waals surface area contributed by atoms with Gasteiger partial charge in [-0.1, -0.05) is 6.92 Å². The summed E-state index contributed by atoms with van der Waals surface area (Å²) in [5.41, 5.74) is 0. The Balaban J connectivity index is 2.90. The molecule has 0 aromatic carbocycles. The Kier molecular flexibility index (Phi) is 1.86. The molecular weight excluding hydrogens is 130 g/mol. The van der Waals surface area contributed by atoms with Gasteiger partial charge >= 0.3 is 0 Å². The second-order valence-corrected chi connectivity index (χ2v) is 2.74. The normalized spacial score (nSPS) is 8.89. The predicted octanol–water partition coefficient (Wildman–Crippen LogP) is 1.69. The second-order valence-electron chi connectivity index (χ2n) is 1.63. The van der Waals surface area contributed by atoms with Gasteiger partial charge in [0.15, 0.2) is 5.01 Å². The minimum absolute atomic E-state index is 0.784. The van der Waals surface area contributed by atoms with Crippen LogP contribution in [0.4, 0.5) is 0 Å². The van der Waals surface area contributed by atoms with Crippen LogP contribution < -0.4 is 0 Å². The Bertz CT molecular complexity index is 231. The number of aromatic nitrogens is 1. The molecule has 0 bridgehead atoms. The first-order valence-electron chi connectivity index (χ1n) is 2.78. The summed E-state index contributed by atoms with van der Waals surface area (Å²) in [5, 5.41) is 0.784. The van der Waals surface area contributed by atoms with Crippen molar-refractivity contribution in [2.45, 2.75) is 13.3 Å². The highest BCUT2D eigenvalue weighted by Crippen LogP contribution is 2.11. The highest BCUT2D eigenvalue weighted by Gasteiger charge is 1.93. The standard InChI is InChI=1S/C7H7NS/c1-3-6-5-8-7(4-2)9-6/h2,5H,3H2,1H3. The van der Waals surface area contributed by atoms with Crippen LogP contribution in [0.15, 0.2) is 6.20 Å². The maximum atomic E-state index is 5.12. The van der Waals surface area contributed by atoms with Crippen molar-refractivity contribution in [3.8, 4) is 12.3 Å². The van der Waals surface area contributed by atoms with E-state index in [1.165, 1.54) is 4.88 Å². The molecule has 0 fully saturated rings. The largest absolute Gasteiger partial charge is 0.236 e. The van der Waals surface area contributed by atoms with E-state index in [9.17, 15) is 0 Å². The predicted molar refractivity (Wildman–Crippen MR) is 39.4 cm³/mol. The summed E-state index contributed by atoms with van der Waals surface area (Å²) in [4.78, 5) is 5.24. The smallest absolute Gasteiger partial charge is 0.166 e. The summed E-state index contributed by atoms with van der Waals surface area (Å²) in [6.45, 7) is 2.09. The van der Waals surface area contributed by atoms with Crippen molar-refractivity contribution in [3.63, 3.8) is 0 Å². The molecule has 1 aromatic heterocycles.